The Kier molecular flexibility index (Phi) is 14.8. The number of hydrogen-bond donors (Lipinski definition) is 3. The van der Waals surface area contributed by atoms with Gasteiger partial charge in [0, 0.05) is 17.6 Å². The van der Waals surface area contributed by atoms with Crippen LogP contribution in [0.5, 0.6) is 0 Å². The van der Waals surface area contributed by atoms with Crippen molar-refractivity contribution in [1.29, 1.82) is 0 Å². The van der Waals surface area contributed by atoms with Crippen LogP contribution in [0.2, 0.25) is 0 Å². The molecule has 3 atom stereocenters. The number of rotatable bonds is 14. The molecule has 0 saturated heterocycles. The first-order valence-electron chi connectivity index (χ1n) is 14.3. The van der Waals surface area contributed by atoms with Gasteiger partial charge in [-0.05, 0) is 85.4 Å². The fraction of sp³-hybridized carbons (Fsp3) is 0.562. The van der Waals surface area contributed by atoms with Gasteiger partial charge in [-0.3, -0.25) is 4.79 Å². The summed E-state index contributed by atoms with van der Waals surface area (Å²) in [6.07, 6.45) is 12.7. The number of aliphatic carboxylic acids is 1. The Morgan fingerprint density at radius 3 is 2.41 bits per heavy atom. The van der Waals surface area contributed by atoms with Gasteiger partial charge in [-0.25, -0.2) is 4.79 Å². The van der Waals surface area contributed by atoms with Crippen molar-refractivity contribution < 1.29 is 14.7 Å². The van der Waals surface area contributed by atoms with Crippen LogP contribution in [-0.2, 0) is 4.79 Å². The summed E-state index contributed by atoms with van der Waals surface area (Å²) in [4.78, 5) is 25.2. The van der Waals surface area contributed by atoms with Crippen molar-refractivity contribution in [3.63, 3.8) is 0 Å². The van der Waals surface area contributed by atoms with Crippen LogP contribution in [0, 0.1) is 12.8 Å². The van der Waals surface area contributed by atoms with Gasteiger partial charge >= 0.3 is 24.8 Å². The second-order valence-electron chi connectivity index (χ2n) is 10.9. The molecule has 1 aliphatic carbocycles. The Bertz CT molecular complexity index is 1060. The molecule has 0 spiro atoms. The van der Waals surface area contributed by atoms with Gasteiger partial charge in [-0.15, -0.1) is 0 Å². The van der Waals surface area contributed by atoms with Crippen LogP contribution in [0.15, 0.2) is 42.5 Å². The molecule has 3 rings (SSSR count). The van der Waals surface area contributed by atoms with Crippen LogP contribution < -0.4 is 10.6 Å². The Morgan fingerprint density at radius 1 is 1.05 bits per heavy atom. The SMILES string of the molecule is CCCC(CC1CCCCC1)NC(C)c1ccc(C(=O)NC(CCSC)C(=O)O)c(-c2ccccc2C)c1.[LiH]. The number of amides is 1. The predicted octanol–water partition coefficient (Wildman–Crippen LogP) is 6.74. The molecule has 0 aromatic heterocycles. The summed E-state index contributed by atoms with van der Waals surface area (Å²) >= 11 is 1.57. The normalized spacial score (nSPS) is 16.1. The topological polar surface area (TPSA) is 78.4 Å². The van der Waals surface area contributed by atoms with E-state index in [2.05, 4.69) is 30.5 Å². The van der Waals surface area contributed by atoms with Gasteiger partial charge in [0.05, 0.1) is 0 Å². The van der Waals surface area contributed by atoms with E-state index in [9.17, 15) is 14.7 Å². The van der Waals surface area contributed by atoms with E-state index in [4.69, 9.17) is 0 Å². The Morgan fingerprint density at radius 2 is 1.77 bits per heavy atom. The zero-order valence-electron chi connectivity index (χ0n) is 23.6. The minimum atomic E-state index is -1.00. The number of hydrogen-bond acceptors (Lipinski definition) is 4. The summed E-state index contributed by atoms with van der Waals surface area (Å²) in [5, 5.41) is 16.3. The number of carbonyl (C=O) groups excluding carboxylic acids is 1. The summed E-state index contributed by atoms with van der Waals surface area (Å²) in [7, 11) is 0. The fourth-order valence-corrected chi connectivity index (χ4v) is 6.22. The van der Waals surface area contributed by atoms with Crippen LogP contribution in [0.1, 0.15) is 99.2 Å². The molecule has 0 bridgehead atoms. The minimum absolute atomic E-state index is 0. The molecule has 3 N–H and O–H groups in total. The number of nitrogens with one attached hydrogen (secondary N) is 2. The van der Waals surface area contributed by atoms with E-state index in [-0.39, 0.29) is 30.8 Å². The zero-order chi connectivity index (χ0) is 27.5. The quantitative estimate of drug-likeness (QED) is 0.229. The number of carboxylic acids is 1. The van der Waals surface area contributed by atoms with Crippen molar-refractivity contribution in [2.24, 2.45) is 5.92 Å². The molecule has 0 radical (unpaired) electrons. The van der Waals surface area contributed by atoms with Gasteiger partial charge in [0.1, 0.15) is 6.04 Å². The van der Waals surface area contributed by atoms with Crippen LogP contribution in [0.4, 0.5) is 0 Å². The van der Waals surface area contributed by atoms with Gasteiger partial charge in [0.2, 0.25) is 0 Å². The van der Waals surface area contributed by atoms with E-state index in [1.54, 1.807) is 11.8 Å². The van der Waals surface area contributed by atoms with Gasteiger partial charge in [0.15, 0.2) is 0 Å². The average molecular weight is 547 g/mol. The zero-order valence-corrected chi connectivity index (χ0v) is 24.4. The molecule has 0 aliphatic heterocycles. The molecule has 0 heterocycles. The van der Waals surface area contributed by atoms with Crippen molar-refractivity contribution in [1.82, 2.24) is 10.6 Å². The predicted molar refractivity (Wildman–Crippen MR) is 167 cm³/mol. The molecule has 1 amide bonds. The Labute approximate surface area is 251 Å². The van der Waals surface area contributed by atoms with Crippen LogP contribution in [0.3, 0.4) is 0 Å². The molecule has 1 aliphatic rings. The molecular weight excluding hydrogens is 499 g/mol. The molecule has 5 nitrogen and oxygen atoms in total. The number of carboxylic acid groups (broad SMARTS) is 1. The summed E-state index contributed by atoms with van der Waals surface area (Å²) < 4.78 is 0. The first kappa shape index (κ1) is 33.5. The number of benzene rings is 2. The van der Waals surface area contributed by atoms with E-state index in [1.165, 1.54) is 44.9 Å². The standard InChI is InChI=1S/C32H46N2O3S.Li.H/c1-5-11-26(20-24-13-7-6-8-14-24)33-23(3)25-16-17-28(29(21-25)27-15-10-9-12-22(27)2)31(35)34-30(32(36)37)18-19-38-4;;/h9-10,12,15-17,21,23-24,26,30,33H,5-8,11,13-14,18-20H2,1-4H3,(H,34,35)(H,36,37);;. The Hall–Kier alpha value is -1.71. The first-order valence-corrected chi connectivity index (χ1v) is 15.7. The second kappa shape index (κ2) is 17.2. The molecule has 1 fully saturated rings. The van der Waals surface area contributed by atoms with Crippen molar-refractivity contribution in [2.75, 3.05) is 12.0 Å². The van der Waals surface area contributed by atoms with Crippen LogP contribution >= 0.6 is 11.8 Å². The van der Waals surface area contributed by atoms with Crippen molar-refractivity contribution in [3.8, 4) is 11.1 Å². The van der Waals surface area contributed by atoms with E-state index in [0.29, 0.717) is 23.8 Å². The summed E-state index contributed by atoms with van der Waals surface area (Å²) in [6, 6.07) is 13.8. The molecule has 39 heavy (non-hydrogen) atoms. The van der Waals surface area contributed by atoms with E-state index in [0.717, 1.165) is 34.6 Å². The third-order valence-electron chi connectivity index (χ3n) is 7.90. The third-order valence-corrected chi connectivity index (χ3v) is 8.55. The van der Waals surface area contributed by atoms with Gasteiger partial charge < -0.3 is 15.7 Å². The molecule has 3 unspecified atom stereocenters. The van der Waals surface area contributed by atoms with E-state index in [1.807, 2.05) is 49.6 Å². The fourth-order valence-electron chi connectivity index (χ4n) is 5.75. The molecule has 210 valence electrons. The monoisotopic (exact) mass is 546 g/mol. The van der Waals surface area contributed by atoms with Crippen LogP contribution in [-0.4, -0.2) is 59.9 Å². The van der Waals surface area contributed by atoms with Gasteiger partial charge in [-0.1, -0.05) is 75.8 Å². The molecular formula is C32H47LiN2O3S. The van der Waals surface area contributed by atoms with E-state index >= 15 is 0 Å². The summed E-state index contributed by atoms with van der Waals surface area (Å²) in [5.74, 6) is 0.148. The average Bonchev–Trinajstić information content (AvgIpc) is 2.91. The maximum absolute atomic E-state index is 13.4. The third kappa shape index (κ3) is 10.0. The summed E-state index contributed by atoms with van der Waals surface area (Å²) in [5.41, 5.74) is 4.58. The number of aryl methyl sites for hydroxylation is 1. The Balaban J connectivity index is 0.00000533. The summed E-state index contributed by atoms with van der Waals surface area (Å²) in [6.45, 7) is 6.52. The van der Waals surface area contributed by atoms with Crippen molar-refractivity contribution in [3.05, 3.63) is 59.2 Å². The van der Waals surface area contributed by atoms with E-state index < -0.39 is 12.0 Å². The first-order chi connectivity index (χ1) is 18.3. The van der Waals surface area contributed by atoms with Crippen LogP contribution in [0.25, 0.3) is 11.1 Å². The maximum atomic E-state index is 13.4. The molecule has 1 saturated carbocycles. The molecule has 2 aromatic carbocycles. The van der Waals surface area contributed by atoms with Gasteiger partial charge in [0.25, 0.3) is 5.91 Å². The van der Waals surface area contributed by atoms with Crippen molar-refractivity contribution in [2.45, 2.75) is 96.7 Å². The molecule has 7 heteroatoms. The number of carbonyl (C=O) groups is 2. The van der Waals surface area contributed by atoms with Gasteiger partial charge in [-0.2, -0.15) is 11.8 Å². The van der Waals surface area contributed by atoms with Crippen molar-refractivity contribution >= 4 is 42.5 Å². The molecule has 2 aromatic rings. The second-order valence-corrected chi connectivity index (χ2v) is 11.9. The number of thioether (sulfide) groups is 1.